The van der Waals surface area contributed by atoms with Crippen LogP contribution in [0.1, 0.15) is 30.4 Å². The highest BCUT2D eigenvalue weighted by Crippen LogP contribution is 2.35. The number of piperidine rings is 1. The molecule has 8 nitrogen and oxygen atoms in total. The Kier molecular flexibility index (Phi) is 6.89. The van der Waals surface area contributed by atoms with Gasteiger partial charge in [0.05, 0.1) is 16.6 Å². The molecule has 1 fully saturated rings. The summed E-state index contributed by atoms with van der Waals surface area (Å²) in [6.45, 7) is 1.70. The van der Waals surface area contributed by atoms with Gasteiger partial charge in [-0.05, 0) is 61.3 Å². The van der Waals surface area contributed by atoms with Crippen LogP contribution in [0.25, 0.3) is 22.2 Å². The number of hydrogen-bond acceptors (Lipinski definition) is 5. The Labute approximate surface area is 215 Å². The summed E-state index contributed by atoms with van der Waals surface area (Å²) in [5.41, 5.74) is 6.63. The number of urea groups is 1. The standard InChI is InChI=1S/C26H25F4N7O/c27-20-10-15(18-12-32-24-22(18)23(31)33-14-34-24)5-7-21(20)36-25(38)35-17-6-4-16(19(11-17)26(28,29)30)13-37-8-2-1-3-9-37/h4-7,10-12,14H,1-3,8-9,13H2,(H2,35,36,38)(H3,31,32,33,34). The van der Waals surface area contributed by atoms with Gasteiger partial charge in [0, 0.05) is 24.0 Å². The molecule has 38 heavy (non-hydrogen) atoms. The molecular formula is C26H25F4N7O. The van der Waals surface area contributed by atoms with E-state index in [-0.39, 0.29) is 29.3 Å². The quantitative estimate of drug-likeness (QED) is 0.238. The summed E-state index contributed by atoms with van der Waals surface area (Å²) in [6, 6.07) is 6.95. The Bertz CT molecular complexity index is 1480. The average molecular weight is 528 g/mol. The number of carbonyl (C=O) groups is 1. The molecule has 1 aliphatic rings. The van der Waals surface area contributed by atoms with E-state index in [0.717, 1.165) is 38.4 Å². The number of carbonyl (C=O) groups excluding carboxylic acids is 1. The molecule has 0 unspecified atom stereocenters. The largest absolute Gasteiger partial charge is 0.416 e. The third kappa shape index (κ3) is 5.40. The first-order valence-corrected chi connectivity index (χ1v) is 12.1. The minimum absolute atomic E-state index is 0.0523. The van der Waals surface area contributed by atoms with Crippen LogP contribution in [0, 0.1) is 5.82 Å². The van der Waals surface area contributed by atoms with Gasteiger partial charge in [-0.15, -0.1) is 0 Å². The number of hydrogen-bond donors (Lipinski definition) is 4. The molecule has 0 bridgehead atoms. The number of H-pyrrole nitrogens is 1. The van der Waals surface area contributed by atoms with Crippen molar-refractivity contribution in [2.24, 2.45) is 0 Å². The van der Waals surface area contributed by atoms with E-state index in [4.69, 9.17) is 5.73 Å². The number of nitrogens with two attached hydrogens (primary N) is 1. The number of nitrogens with one attached hydrogen (secondary N) is 3. The maximum atomic E-state index is 14.9. The van der Waals surface area contributed by atoms with Gasteiger partial charge < -0.3 is 21.4 Å². The van der Waals surface area contributed by atoms with Crippen LogP contribution in [0.3, 0.4) is 0 Å². The molecule has 4 aromatic rings. The van der Waals surface area contributed by atoms with E-state index in [1.165, 1.54) is 30.6 Å². The first-order valence-electron chi connectivity index (χ1n) is 12.1. The molecule has 1 saturated heterocycles. The van der Waals surface area contributed by atoms with Crippen molar-refractivity contribution in [1.29, 1.82) is 0 Å². The number of nitrogens with zero attached hydrogens (tertiary/aromatic N) is 3. The van der Waals surface area contributed by atoms with Gasteiger partial charge in [-0.3, -0.25) is 4.90 Å². The number of likely N-dealkylation sites (tertiary alicyclic amines) is 1. The van der Waals surface area contributed by atoms with Crippen molar-refractivity contribution in [2.45, 2.75) is 32.0 Å². The van der Waals surface area contributed by atoms with Gasteiger partial charge >= 0.3 is 12.2 Å². The van der Waals surface area contributed by atoms with E-state index in [1.54, 1.807) is 12.3 Å². The van der Waals surface area contributed by atoms with Crippen molar-refractivity contribution in [3.63, 3.8) is 0 Å². The summed E-state index contributed by atoms with van der Waals surface area (Å²) in [7, 11) is 0. The fraction of sp³-hybridized carbons (Fsp3) is 0.269. The Hall–Kier alpha value is -4.19. The molecule has 1 aliphatic heterocycles. The lowest BCUT2D eigenvalue weighted by Crippen LogP contribution is -2.30. The minimum atomic E-state index is -4.59. The molecule has 0 aliphatic carbocycles. The zero-order chi connectivity index (χ0) is 26.9. The van der Waals surface area contributed by atoms with Crippen LogP contribution in [-0.2, 0) is 12.7 Å². The number of aromatic amines is 1. The van der Waals surface area contributed by atoms with Crippen molar-refractivity contribution in [3.8, 4) is 11.1 Å². The number of rotatable bonds is 5. The molecule has 2 amide bonds. The summed E-state index contributed by atoms with van der Waals surface area (Å²) in [5.74, 6) is -0.510. The van der Waals surface area contributed by atoms with Gasteiger partial charge in [-0.25, -0.2) is 19.2 Å². The zero-order valence-electron chi connectivity index (χ0n) is 20.2. The molecule has 0 radical (unpaired) electrons. The summed E-state index contributed by atoms with van der Waals surface area (Å²) in [4.78, 5) is 25.5. The summed E-state index contributed by atoms with van der Waals surface area (Å²) in [5, 5.41) is 5.25. The van der Waals surface area contributed by atoms with Crippen LogP contribution >= 0.6 is 0 Å². The van der Waals surface area contributed by atoms with Crippen LogP contribution in [-0.4, -0.2) is 39.0 Å². The van der Waals surface area contributed by atoms with Crippen molar-refractivity contribution >= 4 is 34.3 Å². The summed E-state index contributed by atoms with van der Waals surface area (Å²) in [6.07, 6.45) is 1.35. The molecule has 5 N–H and O–H groups in total. The van der Waals surface area contributed by atoms with E-state index >= 15 is 0 Å². The van der Waals surface area contributed by atoms with E-state index in [1.807, 2.05) is 4.90 Å². The third-order valence-electron chi connectivity index (χ3n) is 6.54. The molecule has 2 aromatic carbocycles. The number of amides is 2. The first-order chi connectivity index (χ1) is 18.2. The SMILES string of the molecule is Nc1ncnc2[nH]cc(-c3ccc(NC(=O)Nc4ccc(CN5CCCCC5)c(C(F)(F)F)c4)c(F)c3)c12. The highest BCUT2D eigenvalue weighted by molar-refractivity contribution is 6.02. The normalized spacial score (nSPS) is 14.5. The van der Waals surface area contributed by atoms with Gasteiger partial charge in [0.25, 0.3) is 0 Å². The minimum Gasteiger partial charge on any atom is -0.383 e. The van der Waals surface area contributed by atoms with E-state index in [2.05, 4.69) is 25.6 Å². The molecule has 0 spiro atoms. The molecule has 12 heteroatoms. The van der Waals surface area contributed by atoms with Crippen LogP contribution in [0.5, 0.6) is 0 Å². The number of aromatic nitrogens is 3. The predicted octanol–water partition coefficient (Wildman–Crippen LogP) is 5.99. The molecule has 3 heterocycles. The highest BCUT2D eigenvalue weighted by atomic mass is 19.4. The van der Waals surface area contributed by atoms with Gasteiger partial charge in [0.1, 0.15) is 23.6 Å². The lowest BCUT2D eigenvalue weighted by atomic mass is 10.0. The Balaban J connectivity index is 1.31. The number of halogens is 4. The van der Waals surface area contributed by atoms with E-state index < -0.39 is 23.6 Å². The summed E-state index contributed by atoms with van der Waals surface area (Å²) < 4.78 is 56.2. The lowest BCUT2D eigenvalue weighted by molar-refractivity contribution is -0.138. The second kappa shape index (κ2) is 10.3. The second-order valence-corrected chi connectivity index (χ2v) is 9.17. The average Bonchev–Trinajstić information content (AvgIpc) is 3.32. The topological polar surface area (TPSA) is 112 Å². The van der Waals surface area contributed by atoms with Crippen molar-refractivity contribution in [2.75, 3.05) is 29.5 Å². The fourth-order valence-corrected chi connectivity index (χ4v) is 4.70. The maximum Gasteiger partial charge on any atom is 0.416 e. The number of benzene rings is 2. The van der Waals surface area contributed by atoms with Gasteiger partial charge in [0.2, 0.25) is 0 Å². The monoisotopic (exact) mass is 527 g/mol. The Morgan fingerprint density at radius 1 is 1.05 bits per heavy atom. The predicted molar refractivity (Wildman–Crippen MR) is 137 cm³/mol. The molecule has 0 saturated carbocycles. The van der Waals surface area contributed by atoms with Gasteiger partial charge in [0.15, 0.2) is 0 Å². The van der Waals surface area contributed by atoms with Crippen LogP contribution < -0.4 is 16.4 Å². The highest BCUT2D eigenvalue weighted by Gasteiger charge is 2.34. The van der Waals surface area contributed by atoms with E-state index in [0.29, 0.717) is 22.2 Å². The Morgan fingerprint density at radius 3 is 2.58 bits per heavy atom. The fourth-order valence-electron chi connectivity index (χ4n) is 4.70. The molecule has 5 rings (SSSR count). The maximum absolute atomic E-state index is 14.9. The molecule has 0 atom stereocenters. The first kappa shape index (κ1) is 25.5. The van der Waals surface area contributed by atoms with Gasteiger partial charge in [-0.2, -0.15) is 13.2 Å². The lowest BCUT2D eigenvalue weighted by Gasteiger charge is -2.27. The van der Waals surface area contributed by atoms with E-state index in [9.17, 15) is 22.4 Å². The summed E-state index contributed by atoms with van der Waals surface area (Å²) >= 11 is 0. The second-order valence-electron chi connectivity index (χ2n) is 9.17. The van der Waals surface area contributed by atoms with Crippen LogP contribution in [0.2, 0.25) is 0 Å². The number of fused-ring (bicyclic) bond motifs is 1. The van der Waals surface area contributed by atoms with Crippen molar-refractivity contribution < 1.29 is 22.4 Å². The third-order valence-corrected chi connectivity index (χ3v) is 6.54. The van der Waals surface area contributed by atoms with Crippen molar-refractivity contribution in [1.82, 2.24) is 19.9 Å². The van der Waals surface area contributed by atoms with Crippen LogP contribution in [0.4, 0.5) is 39.5 Å². The molecular weight excluding hydrogens is 502 g/mol. The zero-order valence-corrected chi connectivity index (χ0v) is 20.2. The number of anilines is 3. The molecule has 198 valence electrons. The smallest absolute Gasteiger partial charge is 0.383 e. The van der Waals surface area contributed by atoms with Gasteiger partial charge in [-0.1, -0.05) is 18.6 Å². The number of nitrogen functional groups attached to an aromatic ring is 1. The van der Waals surface area contributed by atoms with Crippen LogP contribution in [0.15, 0.2) is 48.9 Å². The number of alkyl halides is 3. The molecule has 2 aromatic heterocycles. The Morgan fingerprint density at radius 2 is 1.84 bits per heavy atom. The van der Waals surface area contributed by atoms with Crippen molar-refractivity contribution in [3.05, 3.63) is 65.9 Å².